The van der Waals surface area contributed by atoms with E-state index in [0.29, 0.717) is 5.56 Å². The molecule has 0 aromatic heterocycles. The van der Waals surface area contributed by atoms with Crippen LogP contribution >= 0.6 is 15.3 Å². The molecule has 0 amide bonds. The van der Waals surface area contributed by atoms with Crippen molar-refractivity contribution >= 4 is 26.7 Å². The minimum Gasteiger partial charge on any atom is -0.370 e. The third-order valence-corrected chi connectivity index (χ3v) is 9.59. The zero-order valence-electron chi connectivity index (χ0n) is 20.6. The van der Waals surface area contributed by atoms with Gasteiger partial charge in [-0.15, -0.1) is 5.73 Å². The minimum atomic E-state index is -2.98. The van der Waals surface area contributed by atoms with Crippen LogP contribution in [0.15, 0.2) is 121 Å². The summed E-state index contributed by atoms with van der Waals surface area (Å²) in [5, 5.41) is 14.1. The van der Waals surface area contributed by atoms with Crippen molar-refractivity contribution in [2.24, 2.45) is 0 Å². The fraction of sp³-hybridized carbons (Fsp3) is 0.143. The Balaban J connectivity index is 0.000000854. The van der Waals surface area contributed by atoms with Crippen molar-refractivity contribution in [3.63, 3.8) is 0 Å². The van der Waals surface area contributed by atoms with Crippen molar-refractivity contribution in [3.05, 3.63) is 142 Å². The Morgan fingerprint density at radius 3 is 1.81 bits per heavy atom. The molecule has 3 unspecified atom stereocenters. The number of hydrogen-bond donors (Lipinski definition) is 1. The van der Waals surface area contributed by atoms with Crippen LogP contribution in [0.1, 0.15) is 16.9 Å². The van der Waals surface area contributed by atoms with Crippen LogP contribution in [0.25, 0.3) is 0 Å². The van der Waals surface area contributed by atoms with Gasteiger partial charge in [0.1, 0.15) is 5.78 Å². The SMILES string of the molecule is C=C=C.C=C=C=C=C=C=C=C=C.COP(=O)(PC)C(Nc1ccc(C)cc1)c1ccc([N+](=O)[O-])cc1. The molecule has 2 aromatic carbocycles. The van der Waals surface area contributed by atoms with E-state index in [1.807, 2.05) is 37.9 Å². The van der Waals surface area contributed by atoms with Crippen molar-refractivity contribution in [2.75, 3.05) is 19.1 Å². The van der Waals surface area contributed by atoms with Crippen LogP contribution in [0.4, 0.5) is 11.4 Å². The van der Waals surface area contributed by atoms with Gasteiger partial charge in [0.15, 0.2) is 0 Å². The second kappa shape index (κ2) is 18.3. The highest BCUT2D eigenvalue weighted by atomic mass is 32.1. The Kier molecular flexibility index (Phi) is 16.3. The first-order valence-corrected chi connectivity index (χ1v) is 14.3. The van der Waals surface area contributed by atoms with Gasteiger partial charge in [0.05, 0.1) is 4.92 Å². The predicted octanol–water partition coefficient (Wildman–Crippen LogP) is 8.01. The Morgan fingerprint density at radius 2 is 1.42 bits per heavy atom. The summed E-state index contributed by atoms with van der Waals surface area (Å²) >= 11 is 0. The highest BCUT2D eigenvalue weighted by molar-refractivity contribution is 8.22. The highest BCUT2D eigenvalue weighted by Crippen LogP contribution is 2.71. The van der Waals surface area contributed by atoms with Gasteiger partial charge >= 0.3 is 0 Å². The maximum absolute atomic E-state index is 13.1. The number of benzene rings is 2. The molecule has 0 saturated carbocycles. The van der Waals surface area contributed by atoms with Crippen LogP contribution in [0.5, 0.6) is 0 Å². The number of nitrogens with one attached hydrogen (secondary N) is 1. The predicted molar refractivity (Wildman–Crippen MR) is 150 cm³/mol. The van der Waals surface area contributed by atoms with Crippen molar-refractivity contribution in [2.45, 2.75) is 12.7 Å². The van der Waals surface area contributed by atoms with Crippen molar-refractivity contribution in [1.82, 2.24) is 0 Å². The van der Waals surface area contributed by atoms with Crippen LogP contribution in [0.3, 0.4) is 0 Å². The molecule has 36 heavy (non-hydrogen) atoms. The molecule has 0 radical (unpaired) electrons. The third-order valence-electron chi connectivity index (χ3n) is 4.12. The lowest BCUT2D eigenvalue weighted by Crippen LogP contribution is -2.11. The Bertz CT molecular complexity index is 1310. The number of anilines is 1. The van der Waals surface area contributed by atoms with Gasteiger partial charge in [-0.2, -0.15) is 0 Å². The number of aryl methyl sites for hydroxylation is 1. The van der Waals surface area contributed by atoms with E-state index in [1.54, 1.807) is 12.1 Å². The molecule has 2 rings (SSSR count). The first-order chi connectivity index (χ1) is 17.2. The van der Waals surface area contributed by atoms with Crippen LogP contribution in [0.2, 0.25) is 0 Å². The molecule has 0 aliphatic carbocycles. The van der Waals surface area contributed by atoms with Crippen molar-refractivity contribution in [1.29, 1.82) is 0 Å². The summed E-state index contributed by atoms with van der Waals surface area (Å²) in [4.78, 5) is 10.4. The van der Waals surface area contributed by atoms with Crippen LogP contribution in [-0.4, -0.2) is 18.7 Å². The lowest BCUT2D eigenvalue weighted by Gasteiger charge is -2.27. The zero-order valence-corrected chi connectivity index (χ0v) is 22.4. The zero-order chi connectivity index (χ0) is 27.4. The second-order valence-electron chi connectivity index (χ2n) is 6.49. The topological polar surface area (TPSA) is 81.5 Å². The van der Waals surface area contributed by atoms with E-state index < -0.39 is 17.8 Å². The van der Waals surface area contributed by atoms with E-state index in [4.69, 9.17) is 4.52 Å². The van der Waals surface area contributed by atoms with Gasteiger partial charge < -0.3 is 9.84 Å². The van der Waals surface area contributed by atoms with Crippen LogP contribution in [0, 0.1) is 17.0 Å². The van der Waals surface area contributed by atoms with Gasteiger partial charge in [0.2, 0.25) is 7.06 Å². The molecule has 0 saturated heterocycles. The molecular weight excluding hydrogens is 490 g/mol. The number of nitro groups is 1. The fourth-order valence-corrected chi connectivity index (χ4v) is 5.96. The quantitative estimate of drug-likeness (QED) is 0.174. The number of nitro benzene ring substituents is 1. The lowest BCUT2D eigenvalue weighted by molar-refractivity contribution is -0.384. The van der Waals surface area contributed by atoms with Crippen molar-refractivity contribution in [3.8, 4) is 0 Å². The number of non-ortho nitro benzene ring substituents is 1. The number of nitrogens with zero attached hydrogens (tertiary/aromatic N) is 1. The molecule has 0 aliphatic rings. The summed E-state index contributed by atoms with van der Waals surface area (Å²) in [6.07, 6.45) is 0. The maximum atomic E-state index is 13.1. The maximum Gasteiger partial charge on any atom is 0.269 e. The van der Waals surface area contributed by atoms with Gasteiger partial charge in [0, 0.05) is 24.9 Å². The monoisotopic (exact) mass is 518 g/mol. The average molecular weight is 518 g/mol. The van der Waals surface area contributed by atoms with E-state index >= 15 is 0 Å². The second-order valence-corrected chi connectivity index (χ2v) is 12.2. The van der Waals surface area contributed by atoms with Gasteiger partial charge in [-0.25, -0.2) is 0 Å². The average Bonchev–Trinajstić information content (AvgIpc) is 2.89. The summed E-state index contributed by atoms with van der Waals surface area (Å²) < 4.78 is 18.5. The lowest BCUT2D eigenvalue weighted by atomic mass is 10.2. The van der Waals surface area contributed by atoms with E-state index in [9.17, 15) is 14.7 Å². The molecule has 3 atom stereocenters. The molecule has 2 aromatic rings. The van der Waals surface area contributed by atoms with Crippen molar-refractivity contribution < 1.29 is 14.0 Å². The normalized spacial score (nSPS) is 11.2. The van der Waals surface area contributed by atoms with Gasteiger partial charge in [-0.1, -0.05) is 42.3 Å². The summed E-state index contributed by atoms with van der Waals surface area (Å²) in [6, 6.07) is 13.8. The molecule has 184 valence electrons. The third kappa shape index (κ3) is 11.9. The van der Waals surface area contributed by atoms with E-state index in [0.717, 1.165) is 11.3 Å². The summed E-state index contributed by atoms with van der Waals surface area (Å²) in [5.74, 6) is -0.561. The number of rotatable bonds is 7. The molecule has 8 heteroatoms. The standard InChI is InChI=1S/C16H20N2O4P2.C9H4.C3H4/c1-12-4-8-14(9-5-12)17-16(24(21,22-2)23-3)13-6-10-15(11-7-13)18(19)20;1-3-5-7-9-8-6-4-2;1-3-2/h4-11,16-17,23H,1-3H3;1-2H2;1-2H2. The molecular formula is C28H28N2O4P2. The first-order valence-electron chi connectivity index (χ1n) is 10.2. The minimum absolute atomic E-state index is 0.000896. The summed E-state index contributed by atoms with van der Waals surface area (Å²) in [6.45, 7) is 16.6. The highest BCUT2D eigenvalue weighted by Gasteiger charge is 2.33. The van der Waals surface area contributed by atoms with Crippen LogP contribution < -0.4 is 5.32 Å². The van der Waals surface area contributed by atoms with Crippen LogP contribution in [-0.2, 0) is 9.09 Å². The molecule has 0 heterocycles. The fourth-order valence-electron chi connectivity index (χ4n) is 2.46. The Morgan fingerprint density at radius 1 is 0.944 bits per heavy atom. The number of hydrogen-bond acceptors (Lipinski definition) is 5. The Hall–Kier alpha value is -4.02. The largest absolute Gasteiger partial charge is 0.370 e. The molecule has 1 N–H and O–H groups in total. The Labute approximate surface area is 214 Å². The smallest absolute Gasteiger partial charge is 0.269 e. The summed E-state index contributed by atoms with van der Waals surface area (Å²) in [7, 11) is -1.46. The van der Waals surface area contributed by atoms with E-state index in [-0.39, 0.29) is 14.0 Å². The van der Waals surface area contributed by atoms with Gasteiger partial charge in [-0.05, 0) is 93.5 Å². The molecule has 0 aliphatic heterocycles. The van der Waals surface area contributed by atoms with E-state index in [2.05, 4.69) is 77.5 Å². The molecule has 0 bridgehead atoms. The molecule has 0 fully saturated rings. The van der Waals surface area contributed by atoms with E-state index in [1.165, 1.54) is 19.2 Å². The molecule has 6 nitrogen and oxygen atoms in total. The first kappa shape index (κ1) is 32.0. The van der Waals surface area contributed by atoms with Gasteiger partial charge in [-0.3, -0.25) is 14.7 Å². The summed E-state index contributed by atoms with van der Waals surface area (Å²) in [5.41, 5.74) is 21.9. The molecule has 0 spiro atoms. The van der Waals surface area contributed by atoms with Gasteiger partial charge in [0.25, 0.3) is 5.69 Å².